The average molecular weight is 256 g/mol. The second kappa shape index (κ2) is 4.42. The van der Waals surface area contributed by atoms with Crippen LogP contribution >= 0.6 is 11.6 Å². The van der Waals surface area contributed by atoms with Crippen molar-refractivity contribution < 1.29 is 4.39 Å². The average Bonchev–Trinajstić information content (AvgIpc) is 2.75. The zero-order chi connectivity index (χ0) is 11.8. The molecule has 5 heteroatoms. The van der Waals surface area contributed by atoms with Gasteiger partial charge in [0.1, 0.15) is 0 Å². The van der Waals surface area contributed by atoms with Gasteiger partial charge in [-0.2, -0.15) is 0 Å². The number of piperidine rings is 1. The highest BCUT2D eigenvalue weighted by atomic mass is 35.5. The summed E-state index contributed by atoms with van der Waals surface area (Å²) in [4.78, 5) is 6.16. The van der Waals surface area contributed by atoms with Crippen molar-refractivity contribution in [2.24, 2.45) is 5.92 Å². The summed E-state index contributed by atoms with van der Waals surface area (Å²) in [5.41, 5.74) is 0. The van der Waals surface area contributed by atoms with Gasteiger partial charge in [-0.1, -0.05) is 11.6 Å². The van der Waals surface area contributed by atoms with Crippen molar-refractivity contribution in [3.63, 3.8) is 0 Å². The Hall–Kier alpha value is -0.870. The van der Waals surface area contributed by atoms with Crippen LogP contribution in [-0.4, -0.2) is 30.7 Å². The maximum Gasteiger partial charge on any atom is 0.167 e. The predicted molar refractivity (Wildman–Crippen MR) is 65.9 cm³/mol. The number of fused-ring (bicyclic) bond motifs is 1. The number of aromatic nitrogens is 1. The number of anilines is 1. The highest BCUT2D eigenvalue weighted by Gasteiger charge is 2.33. The maximum atomic E-state index is 13.8. The zero-order valence-electron chi connectivity index (χ0n) is 9.50. The topological polar surface area (TPSA) is 28.2 Å². The normalized spacial score (nSPS) is 28.2. The second-order valence-corrected chi connectivity index (χ2v) is 5.24. The van der Waals surface area contributed by atoms with Crippen molar-refractivity contribution in [2.75, 3.05) is 24.5 Å². The van der Waals surface area contributed by atoms with E-state index in [0.717, 1.165) is 26.1 Å². The van der Waals surface area contributed by atoms with E-state index in [1.807, 2.05) is 4.90 Å². The maximum absolute atomic E-state index is 13.8. The van der Waals surface area contributed by atoms with Gasteiger partial charge in [0.25, 0.3) is 0 Å². The molecule has 2 unspecified atom stereocenters. The van der Waals surface area contributed by atoms with E-state index in [4.69, 9.17) is 11.6 Å². The Bertz CT molecular complexity index is 426. The molecular formula is C12H15ClFN3. The summed E-state index contributed by atoms with van der Waals surface area (Å²) in [5.74, 6) is 0.752. The molecule has 0 bridgehead atoms. The summed E-state index contributed by atoms with van der Waals surface area (Å²) in [6.07, 6.45) is 3.75. The van der Waals surface area contributed by atoms with E-state index in [-0.39, 0.29) is 5.82 Å². The van der Waals surface area contributed by atoms with E-state index in [1.165, 1.54) is 18.7 Å². The molecule has 2 aliphatic rings. The van der Waals surface area contributed by atoms with Crippen LogP contribution in [0.1, 0.15) is 12.8 Å². The Labute approximate surface area is 105 Å². The summed E-state index contributed by atoms with van der Waals surface area (Å²) in [5, 5.41) is 3.84. The number of nitrogens with one attached hydrogen (secondary N) is 1. The molecule has 2 aliphatic heterocycles. The molecule has 0 spiro atoms. The summed E-state index contributed by atoms with van der Waals surface area (Å²) < 4.78 is 13.8. The molecule has 2 saturated heterocycles. The van der Waals surface area contributed by atoms with Crippen LogP contribution in [-0.2, 0) is 0 Å². The third kappa shape index (κ3) is 2.11. The molecule has 0 saturated carbocycles. The third-order valence-electron chi connectivity index (χ3n) is 3.74. The molecule has 1 aromatic rings. The minimum atomic E-state index is -0.318. The van der Waals surface area contributed by atoms with Gasteiger partial charge in [-0.05, 0) is 31.4 Å². The minimum absolute atomic E-state index is 0.318. The van der Waals surface area contributed by atoms with Crippen LogP contribution in [0.4, 0.5) is 10.2 Å². The summed E-state index contributed by atoms with van der Waals surface area (Å²) in [6, 6.07) is 1.95. The Balaban J connectivity index is 1.80. The van der Waals surface area contributed by atoms with E-state index in [9.17, 15) is 4.39 Å². The van der Waals surface area contributed by atoms with Gasteiger partial charge in [-0.15, -0.1) is 0 Å². The lowest BCUT2D eigenvalue weighted by molar-refractivity contribution is 0.372. The van der Waals surface area contributed by atoms with Crippen molar-refractivity contribution in [3.8, 4) is 0 Å². The molecule has 1 aromatic heterocycles. The summed E-state index contributed by atoms with van der Waals surface area (Å²) >= 11 is 5.71. The number of pyridine rings is 1. The first-order chi connectivity index (χ1) is 8.24. The largest absolute Gasteiger partial charge is 0.354 e. The van der Waals surface area contributed by atoms with Gasteiger partial charge in [0.2, 0.25) is 0 Å². The van der Waals surface area contributed by atoms with E-state index in [0.29, 0.717) is 22.8 Å². The van der Waals surface area contributed by atoms with Crippen molar-refractivity contribution in [2.45, 2.75) is 18.9 Å². The molecule has 3 rings (SSSR count). The number of hydrogen-bond acceptors (Lipinski definition) is 3. The van der Waals surface area contributed by atoms with Crippen LogP contribution in [0.25, 0.3) is 0 Å². The Morgan fingerprint density at radius 3 is 3.18 bits per heavy atom. The van der Waals surface area contributed by atoms with E-state index in [1.54, 1.807) is 0 Å². The SMILES string of the molecule is Fc1cc(Cl)cnc1N1CCC2NCCC2C1. The number of halogens is 2. The quantitative estimate of drug-likeness (QED) is 0.833. The van der Waals surface area contributed by atoms with Crippen molar-refractivity contribution in [3.05, 3.63) is 23.1 Å². The molecule has 2 fully saturated rings. The smallest absolute Gasteiger partial charge is 0.167 e. The first kappa shape index (κ1) is 11.2. The van der Waals surface area contributed by atoms with Crippen molar-refractivity contribution in [1.82, 2.24) is 10.3 Å². The molecule has 0 amide bonds. The fourth-order valence-electron chi connectivity index (χ4n) is 2.88. The molecule has 92 valence electrons. The monoisotopic (exact) mass is 255 g/mol. The third-order valence-corrected chi connectivity index (χ3v) is 3.95. The molecule has 17 heavy (non-hydrogen) atoms. The van der Waals surface area contributed by atoms with Crippen LogP contribution in [0, 0.1) is 11.7 Å². The molecule has 3 nitrogen and oxygen atoms in total. The lowest BCUT2D eigenvalue weighted by Crippen LogP contribution is -2.45. The van der Waals surface area contributed by atoms with E-state index < -0.39 is 0 Å². The molecule has 0 aromatic carbocycles. The van der Waals surface area contributed by atoms with Gasteiger partial charge in [0.15, 0.2) is 11.6 Å². The van der Waals surface area contributed by atoms with Gasteiger partial charge in [-0.3, -0.25) is 0 Å². The Morgan fingerprint density at radius 1 is 1.47 bits per heavy atom. The summed E-state index contributed by atoms with van der Waals surface area (Å²) in [7, 11) is 0. The van der Waals surface area contributed by atoms with E-state index in [2.05, 4.69) is 10.3 Å². The van der Waals surface area contributed by atoms with Gasteiger partial charge >= 0.3 is 0 Å². The van der Waals surface area contributed by atoms with E-state index >= 15 is 0 Å². The van der Waals surface area contributed by atoms with Crippen LogP contribution in [0.3, 0.4) is 0 Å². The highest BCUT2D eigenvalue weighted by molar-refractivity contribution is 6.30. The first-order valence-electron chi connectivity index (χ1n) is 6.03. The molecule has 2 atom stereocenters. The van der Waals surface area contributed by atoms with Crippen molar-refractivity contribution in [1.29, 1.82) is 0 Å². The van der Waals surface area contributed by atoms with Gasteiger partial charge in [-0.25, -0.2) is 9.37 Å². The lowest BCUT2D eigenvalue weighted by atomic mass is 9.93. The molecule has 1 N–H and O–H groups in total. The van der Waals surface area contributed by atoms with Crippen LogP contribution in [0.2, 0.25) is 5.02 Å². The summed E-state index contributed by atoms with van der Waals surface area (Å²) in [6.45, 7) is 2.84. The van der Waals surface area contributed by atoms with Crippen LogP contribution < -0.4 is 10.2 Å². The van der Waals surface area contributed by atoms with Crippen LogP contribution in [0.15, 0.2) is 12.3 Å². The second-order valence-electron chi connectivity index (χ2n) is 4.80. The molecular weight excluding hydrogens is 241 g/mol. The minimum Gasteiger partial charge on any atom is -0.354 e. The Morgan fingerprint density at radius 2 is 2.35 bits per heavy atom. The van der Waals surface area contributed by atoms with Gasteiger partial charge in [0, 0.05) is 25.3 Å². The van der Waals surface area contributed by atoms with Gasteiger partial charge < -0.3 is 10.2 Å². The lowest BCUT2D eigenvalue weighted by Gasteiger charge is -2.35. The fourth-order valence-corrected chi connectivity index (χ4v) is 3.02. The first-order valence-corrected chi connectivity index (χ1v) is 6.41. The number of hydrogen-bond donors (Lipinski definition) is 1. The van der Waals surface area contributed by atoms with Gasteiger partial charge in [0.05, 0.1) is 5.02 Å². The number of nitrogens with zero attached hydrogens (tertiary/aromatic N) is 2. The Kier molecular flexibility index (Phi) is 2.92. The number of rotatable bonds is 1. The fraction of sp³-hybridized carbons (Fsp3) is 0.583. The van der Waals surface area contributed by atoms with Crippen LogP contribution in [0.5, 0.6) is 0 Å². The molecule has 3 heterocycles. The predicted octanol–water partition coefficient (Wildman–Crippen LogP) is 2.06. The zero-order valence-corrected chi connectivity index (χ0v) is 10.3. The van der Waals surface area contributed by atoms with Crippen molar-refractivity contribution >= 4 is 17.4 Å². The highest BCUT2D eigenvalue weighted by Crippen LogP contribution is 2.29. The standard InChI is InChI=1S/C12H15ClFN3/c13-9-5-10(14)12(16-6-9)17-4-2-11-8(7-17)1-3-15-11/h5-6,8,11,15H,1-4,7H2. The molecule has 0 radical (unpaired) electrons. The molecule has 0 aliphatic carbocycles.